The molecule has 0 aromatic rings. The van der Waals surface area contributed by atoms with E-state index in [0.717, 1.165) is 148 Å². The minimum atomic E-state index is -0.819. The van der Waals surface area contributed by atoms with E-state index < -0.39 is 6.10 Å². The molecule has 71 heavy (non-hydrogen) atoms. The van der Waals surface area contributed by atoms with Crippen molar-refractivity contribution >= 4 is 17.9 Å². The Kier molecular flexibility index (Phi) is 54.5. The number of hydrogen-bond acceptors (Lipinski definition) is 6. The summed E-state index contributed by atoms with van der Waals surface area (Å²) in [6.07, 6.45) is 81.4. The second-order valence-corrected chi connectivity index (χ2v) is 18.5. The Balaban J connectivity index is 4.56. The van der Waals surface area contributed by atoms with E-state index in [1.54, 1.807) is 0 Å². The van der Waals surface area contributed by atoms with E-state index in [-0.39, 0.29) is 37.5 Å². The molecular weight excluding hydrogens is 877 g/mol. The maximum atomic E-state index is 12.9. The lowest BCUT2D eigenvalue weighted by molar-refractivity contribution is -0.167. The first-order chi connectivity index (χ1) is 35.0. The number of rotatable bonds is 50. The molecule has 0 saturated heterocycles. The minimum absolute atomic E-state index is 0.114. The number of carbonyl (C=O) groups excluding carboxylic acids is 3. The van der Waals surface area contributed by atoms with Crippen molar-refractivity contribution in [1.29, 1.82) is 0 Å². The number of ether oxygens (including phenoxy) is 3. The first-order valence-electron chi connectivity index (χ1n) is 28.7. The number of hydrogen-bond donors (Lipinski definition) is 0. The molecule has 0 amide bonds. The van der Waals surface area contributed by atoms with Crippen LogP contribution in [0.25, 0.3) is 0 Å². The van der Waals surface area contributed by atoms with Gasteiger partial charge in [-0.2, -0.15) is 0 Å². The highest BCUT2D eigenvalue weighted by Crippen LogP contribution is 2.12. The van der Waals surface area contributed by atoms with Crippen LogP contribution in [-0.2, 0) is 28.6 Å². The Bertz CT molecular complexity index is 1550. The highest BCUT2D eigenvalue weighted by atomic mass is 16.6. The maximum Gasteiger partial charge on any atom is 0.306 e. The molecule has 0 bridgehead atoms. The second kappa shape index (κ2) is 58.1. The molecule has 0 aromatic heterocycles. The average molecular weight is 982 g/mol. The summed E-state index contributed by atoms with van der Waals surface area (Å²) in [6.45, 7) is 6.39. The van der Waals surface area contributed by atoms with Gasteiger partial charge in [-0.3, -0.25) is 14.4 Å². The van der Waals surface area contributed by atoms with Crippen LogP contribution in [0.15, 0.2) is 134 Å². The summed E-state index contributed by atoms with van der Waals surface area (Å²) in [5.41, 5.74) is 0. The molecule has 0 radical (unpaired) electrons. The molecule has 0 heterocycles. The fourth-order valence-corrected chi connectivity index (χ4v) is 7.30. The molecule has 400 valence electrons. The molecule has 0 saturated carbocycles. The van der Waals surface area contributed by atoms with E-state index >= 15 is 0 Å². The van der Waals surface area contributed by atoms with Gasteiger partial charge >= 0.3 is 17.9 Å². The van der Waals surface area contributed by atoms with Gasteiger partial charge in [-0.15, -0.1) is 0 Å². The lowest BCUT2D eigenvalue weighted by Crippen LogP contribution is -2.30. The number of unbranched alkanes of at least 4 members (excludes halogenated alkanes) is 17. The van der Waals surface area contributed by atoms with Gasteiger partial charge in [-0.1, -0.05) is 212 Å². The molecule has 0 rings (SSSR count). The SMILES string of the molecule is CC/C=C\C/C=C\C/C=C\C/C=C\C/C=C\CCCCCC(=O)OC[C@H](COC(=O)CCCCCC/C=C\C/C=C\C/C=C\CCCCC)OC(=O)CCCCCC/C=C\C/C=C\C/C=C\CCCCC. The quantitative estimate of drug-likeness (QED) is 0.0262. The first-order valence-corrected chi connectivity index (χ1v) is 28.7. The zero-order valence-electron chi connectivity index (χ0n) is 45.7. The van der Waals surface area contributed by atoms with Gasteiger partial charge in [0.25, 0.3) is 0 Å². The van der Waals surface area contributed by atoms with Crippen molar-refractivity contribution in [1.82, 2.24) is 0 Å². The van der Waals surface area contributed by atoms with Crippen molar-refractivity contribution in [3.8, 4) is 0 Å². The summed E-state index contributed by atoms with van der Waals surface area (Å²) in [6, 6.07) is 0. The molecule has 0 N–H and O–H groups in total. The van der Waals surface area contributed by atoms with Gasteiger partial charge in [0.2, 0.25) is 0 Å². The third-order valence-electron chi connectivity index (χ3n) is 11.6. The van der Waals surface area contributed by atoms with E-state index in [1.807, 2.05) is 0 Å². The van der Waals surface area contributed by atoms with Crippen LogP contribution in [0.1, 0.15) is 239 Å². The Morgan fingerprint density at radius 1 is 0.296 bits per heavy atom. The predicted octanol–water partition coefficient (Wildman–Crippen LogP) is 19.4. The summed E-state index contributed by atoms with van der Waals surface area (Å²) < 4.78 is 16.8. The molecule has 0 aliphatic heterocycles. The Morgan fingerprint density at radius 3 is 0.859 bits per heavy atom. The zero-order valence-corrected chi connectivity index (χ0v) is 45.7. The van der Waals surface area contributed by atoms with Crippen molar-refractivity contribution in [3.05, 3.63) is 134 Å². The lowest BCUT2D eigenvalue weighted by atomic mass is 10.1. The van der Waals surface area contributed by atoms with Crippen LogP contribution in [0.4, 0.5) is 0 Å². The summed E-state index contributed by atoms with van der Waals surface area (Å²) in [5, 5.41) is 0. The van der Waals surface area contributed by atoms with E-state index in [2.05, 4.69) is 154 Å². The Labute approximate surface area is 436 Å². The first kappa shape index (κ1) is 66.6. The number of carbonyl (C=O) groups is 3. The van der Waals surface area contributed by atoms with E-state index in [9.17, 15) is 14.4 Å². The van der Waals surface area contributed by atoms with Crippen LogP contribution < -0.4 is 0 Å². The van der Waals surface area contributed by atoms with E-state index in [0.29, 0.717) is 12.8 Å². The van der Waals surface area contributed by atoms with Gasteiger partial charge in [0, 0.05) is 19.3 Å². The zero-order chi connectivity index (χ0) is 51.4. The highest BCUT2D eigenvalue weighted by molar-refractivity contribution is 5.71. The largest absolute Gasteiger partial charge is 0.462 e. The molecule has 0 aromatic carbocycles. The van der Waals surface area contributed by atoms with Crippen LogP contribution in [0.3, 0.4) is 0 Å². The van der Waals surface area contributed by atoms with Crippen molar-refractivity contribution < 1.29 is 28.6 Å². The molecule has 0 aliphatic rings. The van der Waals surface area contributed by atoms with Gasteiger partial charge in [-0.05, 0) is 141 Å². The van der Waals surface area contributed by atoms with E-state index in [4.69, 9.17) is 14.2 Å². The monoisotopic (exact) mass is 981 g/mol. The minimum Gasteiger partial charge on any atom is -0.462 e. The van der Waals surface area contributed by atoms with Crippen LogP contribution in [0.5, 0.6) is 0 Å². The molecule has 0 spiro atoms. The standard InChI is InChI=1S/C65H104O6/c1-4-7-10-13-16-19-22-25-28-31-32-35-37-40-43-46-49-52-55-58-64(67)70-61-62(71-65(68)59-56-53-50-47-44-41-38-34-30-27-24-21-18-15-12-9-6-3)60-69-63(66)57-54-51-48-45-42-39-36-33-29-26-23-20-17-14-11-8-5-2/h7,10,16-21,25-30,32,35-36,38-41,43,62H,4-6,8-9,11-15,22-24,31,33-34,37,42,44-61H2,1-3H3/b10-7-,19-16-,20-17-,21-18-,28-25-,29-26-,30-27-,35-32-,39-36-,41-38-,43-40-/t62-/m0/s1. The van der Waals surface area contributed by atoms with Crippen LogP contribution in [0.2, 0.25) is 0 Å². The van der Waals surface area contributed by atoms with Crippen molar-refractivity contribution in [2.24, 2.45) is 0 Å². The van der Waals surface area contributed by atoms with Gasteiger partial charge in [0.1, 0.15) is 13.2 Å². The van der Waals surface area contributed by atoms with Crippen molar-refractivity contribution in [3.63, 3.8) is 0 Å². The lowest BCUT2D eigenvalue weighted by Gasteiger charge is -2.18. The topological polar surface area (TPSA) is 78.9 Å². The molecule has 6 nitrogen and oxygen atoms in total. The predicted molar refractivity (Wildman–Crippen MR) is 306 cm³/mol. The summed E-state index contributed by atoms with van der Waals surface area (Å²) >= 11 is 0. The molecular formula is C65H104O6. The highest BCUT2D eigenvalue weighted by Gasteiger charge is 2.19. The fourth-order valence-electron chi connectivity index (χ4n) is 7.30. The van der Waals surface area contributed by atoms with Crippen LogP contribution in [0, 0.1) is 0 Å². The van der Waals surface area contributed by atoms with Gasteiger partial charge < -0.3 is 14.2 Å². The second-order valence-electron chi connectivity index (χ2n) is 18.5. The molecule has 0 aliphatic carbocycles. The fraction of sp³-hybridized carbons (Fsp3) is 0.615. The Hall–Kier alpha value is -4.45. The summed E-state index contributed by atoms with van der Waals surface area (Å²) in [7, 11) is 0. The normalized spacial score (nSPS) is 13.1. The molecule has 1 atom stereocenters. The number of esters is 3. The van der Waals surface area contributed by atoms with Crippen LogP contribution in [-0.4, -0.2) is 37.2 Å². The van der Waals surface area contributed by atoms with Crippen molar-refractivity contribution in [2.45, 2.75) is 245 Å². The summed E-state index contributed by atoms with van der Waals surface area (Å²) in [4.78, 5) is 38.2. The van der Waals surface area contributed by atoms with Gasteiger partial charge in [0.15, 0.2) is 6.10 Å². The van der Waals surface area contributed by atoms with Gasteiger partial charge in [-0.25, -0.2) is 0 Å². The molecule has 6 heteroatoms. The van der Waals surface area contributed by atoms with Gasteiger partial charge in [0.05, 0.1) is 0 Å². The third kappa shape index (κ3) is 56.3. The maximum absolute atomic E-state index is 12.9. The smallest absolute Gasteiger partial charge is 0.306 e. The average Bonchev–Trinajstić information content (AvgIpc) is 3.37. The van der Waals surface area contributed by atoms with Crippen molar-refractivity contribution in [2.75, 3.05) is 13.2 Å². The van der Waals surface area contributed by atoms with Crippen LogP contribution >= 0.6 is 0 Å². The number of allylic oxidation sites excluding steroid dienone is 22. The Morgan fingerprint density at radius 2 is 0.549 bits per heavy atom. The third-order valence-corrected chi connectivity index (χ3v) is 11.6. The van der Waals surface area contributed by atoms with E-state index in [1.165, 1.54) is 51.4 Å². The molecule has 0 unspecified atom stereocenters. The summed E-state index contributed by atoms with van der Waals surface area (Å²) in [5.74, 6) is -0.993. The molecule has 0 fully saturated rings.